The average molecular weight is 171 g/mol. The monoisotopic (exact) mass is 171 g/mol. The molecule has 0 radical (unpaired) electrons. The molecule has 1 atom stereocenters. The summed E-state index contributed by atoms with van der Waals surface area (Å²) in [6, 6.07) is 6.64. The fourth-order valence-corrected chi connectivity index (χ4v) is 1.85. The fourth-order valence-electron chi connectivity index (χ4n) is 1.85. The SMILES string of the molecule is C#CC1Cc2c(C)cccc2CN1. The molecule has 0 saturated heterocycles. The second-order valence-corrected chi connectivity index (χ2v) is 3.52. The van der Waals surface area contributed by atoms with Gasteiger partial charge in [-0.2, -0.15) is 0 Å². The third-order valence-electron chi connectivity index (χ3n) is 2.66. The number of aryl methyl sites for hydroxylation is 1. The van der Waals surface area contributed by atoms with Crippen LogP contribution in [0.4, 0.5) is 0 Å². The number of nitrogens with one attached hydrogen (secondary N) is 1. The first-order chi connectivity index (χ1) is 6.31. The van der Waals surface area contributed by atoms with Crippen molar-refractivity contribution in [2.24, 2.45) is 0 Å². The van der Waals surface area contributed by atoms with E-state index in [9.17, 15) is 0 Å². The van der Waals surface area contributed by atoms with Gasteiger partial charge in [0.1, 0.15) is 0 Å². The van der Waals surface area contributed by atoms with Crippen LogP contribution in [0.15, 0.2) is 18.2 Å². The van der Waals surface area contributed by atoms with Crippen LogP contribution in [0.2, 0.25) is 0 Å². The lowest BCUT2D eigenvalue weighted by Crippen LogP contribution is -2.34. The molecule has 1 aliphatic heterocycles. The van der Waals surface area contributed by atoms with Crippen molar-refractivity contribution in [3.05, 3.63) is 34.9 Å². The Morgan fingerprint density at radius 3 is 3.15 bits per heavy atom. The van der Waals surface area contributed by atoms with Crippen molar-refractivity contribution in [1.82, 2.24) is 5.32 Å². The van der Waals surface area contributed by atoms with Crippen molar-refractivity contribution in [2.45, 2.75) is 25.9 Å². The molecule has 1 heterocycles. The van der Waals surface area contributed by atoms with Crippen LogP contribution >= 0.6 is 0 Å². The molecule has 0 spiro atoms. The molecular formula is C12H13N. The van der Waals surface area contributed by atoms with E-state index >= 15 is 0 Å². The molecule has 2 rings (SSSR count). The topological polar surface area (TPSA) is 12.0 Å². The summed E-state index contributed by atoms with van der Waals surface area (Å²) in [4.78, 5) is 0. The first-order valence-electron chi connectivity index (χ1n) is 4.58. The van der Waals surface area contributed by atoms with Gasteiger partial charge < -0.3 is 0 Å². The highest BCUT2D eigenvalue weighted by Crippen LogP contribution is 2.19. The summed E-state index contributed by atoms with van der Waals surface area (Å²) < 4.78 is 0. The Balaban J connectivity index is 2.39. The van der Waals surface area contributed by atoms with Crippen LogP contribution in [0.3, 0.4) is 0 Å². The predicted molar refractivity (Wildman–Crippen MR) is 54.3 cm³/mol. The Kier molecular flexibility index (Phi) is 2.08. The third-order valence-corrected chi connectivity index (χ3v) is 2.66. The highest BCUT2D eigenvalue weighted by Gasteiger charge is 2.16. The molecule has 1 aliphatic rings. The molecule has 0 aliphatic carbocycles. The second kappa shape index (κ2) is 3.24. The largest absolute Gasteiger partial charge is 0.299 e. The first kappa shape index (κ1) is 8.34. The molecule has 66 valence electrons. The minimum atomic E-state index is 0.216. The van der Waals surface area contributed by atoms with E-state index in [1.54, 1.807) is 0 Å². The van der Waals surface area contributed by atoms with E-state index in [4.69, 9.17) is 6.42 Å². The lowest BCUT2D eigenvalue weighted by atomic mass is 9.92. The molecule has 0 saturated carbocycles. The van der Waals surface area contributed by atoms with Crippen LogP contribution in [0.25, 0.3) is 0 Å². The van der Waals surface area contributed by atoms with E-state index in [0.29, 0.717) is 0 Å². The lowest BCUT2D eigenvalue weighted by Gasteiger charge is -2.23. The molecule has 1 heteroatoms. The minimum Gasteiger partial charge on any atom is -0.299 e. The standard InChI is InChI=1S/C12H13N/c1-3-11-7-12-9(2)5-4-6-10(12)8-13-11/h1,4-6,11,13H,7-8H2,2H3. The summed E-state index contributed by atoms with van der Waals surface area (Å²) in [5.41, 5.74) is 4.19. The number of fused-ring (bicyclic) bond motifs is 1. The van der Waals surface area contributed by atoms with Gasteiger partial charge in [0, 0.05) is 6.54 Å². The Morgan fingerprint density at radius 2 is 2.38 bits per heavy atom. The molecule has 0 bridgehead atoms. The zero-order valence-corrected chi connectivity index (χ0v) is 7.80. The van der Waals surface area contributed by atoms with Gasteiger partial charge in [-0.3, -0.25) is 5.32 Å². The number of hydrogen-bond acceptors (Lipinski definition) is 1. The molecule has 1 nitrogen and oxygen atoms in total. The fraction of sp³-hybridized carbons (Fsp3) is 0.333. The summed E-state index contributed by atoms with van der Waals surface area (Å²) >= 11 is 0. The van der Waals surface area contributed by atoms with Crippen LogP contribution in [0.1, 0.15) is 16.7 Å². The van der Waals surface area contributed by atoms with Gasteiger partial charge in [0.25, 0.3) is 0 Å². The van der Waals surface area contributed by atoms with E-state index in [2.05, 4.69) is 36.4 Å². The highest BCUT2D eigenvalue weighted by molar-refractivity contribution is 5.37. The number of terminal acetylenes is 1. The molecule has 1 unspecified atom stereocenters. The quantitative estimate of drug-likeness (QED) is 0.585. The molecule has 0 aromatic heterocycles. The van der Waals surface area contributed by atoms with Crippen molar-refractivity contribution >= 4 is 0 Å². The Hall–Kier alpha value is -1.26. The molecule has 0 amide bonds. The highest BCUT2D eigenvalue weighted by atomic mass is 14.9. The Bertz CT molecular complexity index is 360. The smallest absolute Gasteiger partial charge is 0.0730 e. The van der Waals surface area contributed by atoms with Gasteiger partial charge in [0.05, 0.1) is 6.04 Å². The summed E-state index contributed by atoms with van der Waals surface area (Å²) in [5, 5.41) is 3.32. The molecule has 1 N–H and O–H groups in total. The summed E-state index contributed by atoms with van der Waals surface area (Å²) in [6.45, 7) is 3.06. The van der Waals surface area contributed by atoms with Crippen molar-refractivity contribution in [2.75, 3.05) is 0 Å². The second-order valence-electron chi connectivity index (χ2n) is 3.52. The van der Waals surface area contributed by atoms with Crippen LogP contribution in [0.5, 0.6) is 0 Å². The normalized spacial score (nSPS) is 20.5. The van der Waals surface area contributed by atoms with E-state index in [1.165, 1.54) is 16.7 Å². The summed E-state index contributed by atoms with van der Waals surface area (Å²) in [6.07, 6.45) is 6.37. The molecule has 1 aromatic rings. The number of benzene rings is 1. The van der Waals surface area contributed by atoms with Gasteiger partial charge in [-0.15, -0.1) is 6.42 Å². The van der Waals surface area contributed by atoms with E-state index in [1.807, 2.05) is 0 Å². The molecule has 0 fully saturated rings. The van der Waals surface area contributed by atoms with Gasteiger partial charge >= 0.3 is 0 Å². The summed E-state index contributed by atoms with van der Waals surface area (Å²) in [7, 11) is 0. The van der Waals surface area contributed by atoms with Crippen LogP contribution < -0.4 is 5.32 Å². The maximum Gasteiger partial charge on any atom is 0.0730 e. The van der Waals surface area contributed by atoms with Gasteiger partial charge in [0.15, 0.2) is 0 Å². The van der Waals surface area contributed by atoms with E-state index < -0.39 is 0 Å². The van der Waals surface area contributed by atoms with E-state index in [0.717, 1.165) is 13.0 Å². The average Bonchev–Trinajstić information content (AvgIpc) is 2.18. The first-order valence-corrected chi connectivity index (χ1v) is 4.58. The van der Waals surface area contributed by atoms with Crippen molar-refractivity contribution in [3.8, 4) is 12.3 Å². The maximum atomic E-state index is 5.40. The minimum absolute atomic E-state index is 0.216. The van der Waals surface area contributed by atoms with Crippen LogP contribution in [-0.4, -0.2) is 6.04 Å². The third kappa shape index (κ3) is 1.46. The van der Waals surface area contributed by atoms with Gasteiger partial charge in [-0.25, -0.2) is 0 Å². The number of rotatable bonds is 0. The van der Waals surface area contributed by atoms with Crippen molar-refractivity contribution in [1.29, 1.82) is 0 Å². The van der Waals surface area contributed by atoms with Crippen LogP contribution in [0, 0.1) is 19.3 Å². The Morgan fingerprint density at radius 1 is 1.54 bits per heavy atom. The van der Waals surface area contributed by atoms with Crippen molar-refractivity contribution in [3.63, 3.8) is 0 Å². The number of hydrogen-bond donors (Lipinski definition) is 1. The van der Waals surface area contributed by atoms with Gasteiger partial charge in [-0.1, -0.05) is 24.1 Å². The molecule has 1 aromatic carbocycles. The van der Waals surface area contributed by atoms with Crippen molar-refractivity contribution < 1.29 is 0 Å². The maximum absolute atomic E-state index is 5.40. The molecule has 13 heavy (non-hydrogen) atoms. The molecular weight excluding hydrogens is 158 g/mol. The van der Waals surface area contributed by atoms with Gasteiger partial charge in [-0.05, 0) is 30.0 Å². The van der Waals surface area contributed by atoms with Gasteiger partial charge in [0.2, 0.25) is 0 Å². The predicted octanol–water partition coefficient (Wildman–Crippen LogP) is 1.64. The zero-order chi connectivity index (χ0) is 9.26. The lowest BCUT2D eigenvalue weighted by molar-refractivity contribution is 0.565. The summed E-state index contributed by atoms with van der Waals surface area (Å²) in [5.74, 6) is 2.76. The van der Waals surface area contributed by atoms with E-state index in [-0.39, 0.29) is 6.04 Å². The zero-order valence-electron chi connectivity index (χ0n) is 7.80. The Labute approximate surface area is 79.2 Å². The van der Waals surface area contributed by atoms with Crippen LogP contribution in [-0.2, 0) is 13.0 Å².